The fraction of sp³-hybridized carbons (Fsp3) is 0.409. The normalized spacial score (nSPS) is 15.7. The Kier molecular flexibility index (Phi) is 6.30. The van der Waals surface area contributed by atoms with Crippen LogP contribution in [0.5, 0.6) is 11.5 Å². The molecule has 0 saturated heterocycles. The van der Waals surface area contributed by atoms with Crippen LogP contribution >= 0.6 is 22.9 Å². The number of nitrogens with zero attached hydrogens (tertiary/aromatic N) is 2. The molecule has 1 aliphatic rings. The fourth-order valence-electron chi connectivity index (χ4n) is 3.88. The lowest BCUT2D eigenvalue weighted by atomic mass is 10.0. The van der Waals surface area contributed by atoms with Crippen LogP contribution in [-0.2, 0) is 13.0 Å². The number of aryl methyl sites for hydroxylation is 2. The van der Waals surface area contributed by atoms with Crippen LogP contribution in [0.15, 0.2) is 16.9 Å². The van der Waals surface area contributed by atoms with E-state index in [1.807, 2.05) is 6.92 Å². The molecule has 170 valence electrons. The summed E-state index contributed by atoms with van der Waals surface area (Å²) in [5, 5.41) is 7.06. The summed E-state index contributed by atoms with van der Waals surface area (Å²) in [5.74, 6) is 2.24. The van der Waals surface area contributed by atoms with Gasteiger partial charge in [-0.3, -0.25) is 14.7 Å². The number of fused-ring (bicyclic) bond motifs is 2. The van der Waals surface area contributed by atoms with E-state index < -0.39 is 6.03 Å². The maximum atomic E-state index is 13.2. The Morgan fingerprint density at radius 1 is 1.22 bits per heavy atom. The van der Waals surface area contributed by atoms with Crippen molar-refractivity contribution in [2.75, 3.05) is 24.9 Å². The van der Waals surface area contributed by atoms with E-state index in [-0.39, 0.29) is 5.56 Å². The summed E-state index contributed by atoms with van der Waals surface area (Å²) in [6.45, 7) is 4.71. The minimum absolute atomic E-state index is 0.0371. The van der Waals surface area contributed by atoms with Crippen LogP contribution < -0.4 is 25.7 Å². The first-order chi connectivity index (χ1) is 15.3. The van der Waals surface area contributed by atoms with Gasteiger partial charge in [0, 0.05) is 19.0 Å². The van der Waals surface area contributed by atoms with Crippen LogP contribution in [0.1, 0.15) is 31.2 Å². The van der Waals surface area contributed by atoms with Crippen LogP contribution in [0.2, 0.25) is 5.02 Å². The molecule has 3 heterocycles. The quantitative estimate of drug-likeness (QED) is 0.549. The van der Waals surface area contributed by atoms with Gasteiger partial charge in [-0.2, -0.15) is 0 Å². The standard InChI is InChI=1S/C22H25ClN4O4S/c1-11-5-6-17-25-20-18(21(28)27(17)8-7-11)12(2)19(32-20)26-22(29)24-14-9-13(23)15(30-3)10-16(14)31-4/h9-11H,5-8H2,1-4H3,(H2,24,26,29). The van der Waals surface area contributed by atoms with Gasteiger partial charge >= 0.3 is 6.03 Å². The van der Waals surface area contributed by atoms with Crippen molar-refractivity contribution in [2.45, 2.75) is 39.7 Å². The van der Waals surface area contributed by atoms with Gasteiger partial charge in [-0.05, 0) is 37.3 Å². The van der Waals surface area contributed by atoms with E-state index in [1.54, 1.807) is 16.7 Å². The molecular formula is C22H25ClN4O4S. The Hall–Kier alpha value is -2.78. The van der Waals surface area contributed by atoms with Crippen LogP contribution in [0, 0.1) is 12.8 Å². The van der Waals surface area contributed by atoms with Crippen molar-refractivity contribution >= 4 is 49.9 Å². The number of carbonyl (C=O) groups is 1. The SMILES string of the molecule is COc1cc(OC)c(NC(=O)Nc2sc3nc4n(c(=O)c3c2C)CCC(C)CC4)cc1Cl. The van der Waals surface area contributed by atoms with Crippen molar-refractivity contribution in [3.8, 4) is 11.5 Å². The number of amides is 2. The number of halogens is 1. The number of anilines is 2. The number of hydrogen-bond acceptors (Lipinski definition) is 6. The number of benzene rings is 1. The molecule has 0 aliphatic carbocycles. The van der Waals surface area contributed by atoms with Crippen LogP contribution in [-0.4, -0.2) is 29.8 Å². The van der Waals surface area contributed by atoms with E-state index in [1.165, 1.54) is 25.6 Å². The summed E-state index contributed by atoms with van der Waals surface area (Å²) < 4.78 is 12.3. The average Bonchev–Trinajstić information content (AvgIpc) is 2.93. The maximum Gasteiger partial charge on any atom is 0.324 e. The number of ether oxygens (including phenoxy) is 2. The largest absolute Gasteiger partial charge is 0.495 e. The first-order valence-corrected chi connectivity index (χ1v) is 11.5. The van der Waals surface area contributed by atoms with Gasteiger partial charge in [-0.25, -0.2) is 9.78 Å². The first-order valence-electron chi connectivity index (χ1n) is 10.3. The number of rotatable bonds is 4. The zero-order chi connectivity index (χ0) is 23.0. The molecule has 0 spiro atoms. The van der Waals surface area contributed by atoms with Crippen LogP contribution in [0.25, 0.3) is 10.2 Å². The number of aromatic nitrogens is 2. The number of hydrogen-bond donors (Lipinski definition) is 2. The molecule has 4 rings (SSSR count). The Bertz CT molecular complexity index is 1250. The second-order valence-corrected chi connectivity index (χ2v) is 9.33. The monoisotopic (exact) mass is 476 g/mol. The average molecular weight is 477 g/mol. The smallest absolute Gasteiger partial charge is 0.324 e. The highest BCUT2D eigenvalue weighted by Crippen LogP contribution is 2.37. The van der Waals surface area contributed by atoms with E-state index in [0.717, 1.165) is 25.1 Å². The minimum Gasteiger partial charge on any atom is -0.495 e. The minimum atomic E-state index is -0.477. The molecule has 0 saturated carbocycles. The Morgan fingerprint density at radius 2 is 1.97 bits per heavy atom. The van der Waals surface area contributed by atoms with Crippen LogP contribution in [0.4, 0.5) is 15.5 Å². The Balaban J connectivity index is 1.62. The number of thiophene rings is 1. The highest BCUT2D eigenvalue weighted by Gasteiger charge is 2.22. The number of methoxy groups -OCH3 is 2. The van der Waals surface area contributed by atoms with Gasteiger partial charge in [0.2, 0.25) is 0 Å². The zero-order valence-electron chi connectivity index (χ0n) is 18.4. The Labute approximate surface area is 194 Å². The van der Waals surface area contributed by atoms with E-state index in [4.69, 9.17) is 26.1 Å². The predicted molar refractivity (Wildman–Crippen MR) is 128 cm³/mol. The van der Waals surface area contributed by atoms with E-state index in [2.05, 4.69) is 17.6 Å². The molecule has 1 aliphatic heterocycles. The van der Waals surface area contributed by atoms with Gasteiger partial charge in [0.05, 0.1) is 30.3 Å². The summed E-state index contributed by atoms with van der Waals surface area (Å²) in [5.41, 5.74) is 1.07. The van der Waals surface area contributed by atoms with Gasteiger partial charge in [0.1, 0.15) is 27.2 Å². The molecule has 2 aromatic heterocycles. The van der Waals surface area contributed by atoms with Gasteiger partial charge in [-0.15, -0.1) is 0 Å². The lowest BCUT2D eigenvalue weighted by Gasteiger charge is -2.13. The number of nitrogens with one attached hydrogen (secondary N) is 2. The van der Waals surface area contributed by atoms with Crippen molar-refractivity contribution in [1.29, 1.82) is 0 Å². The summed E-state index contributed by atoms with van der Waals surface area (Å²) in [7, 11) is 2.99. The third kappa shape index (κ3) is 4.14. The van der Waals surface area contributed by atoms with Crippen LogP contribution in [0.3, 0.4) is 0 Å². The highest BCUT2D eigenvalue weighted by atomic mass is 35.5. The second kappa shape index (κ2) is 8.99. The molecule has 2 amide bonds. The van der Waals surface area contributed by atoms with Crippen molar-refractivity contribution in [3.05, 3.63) is 38.9 Å². The summed E-state index contributed by atoms with van der Waals surface area (Å²) >= 11 is 7.49. The van der Waals surface area contributed by atoms with Gasteiger partial charge < -0.3 is 14.8 Å². The first kappa shape index (κ1) is 22.4. The topological polar surface area (TPSA) is 94.5 Å². The lowest BCUT2D eigenvalue weighted by molar-refractivity contribution is 0.262. The van der Waals surface area contributed by atoms with Crippen molar-refractivity contribution < 1.29 is 14.3 Å². The molecular weight excluding hydrogens is 452 g/mol. The maximum absolute atomic E-state index is 13.2. The van der Waals surface area contributed by atoms with Crippen molar-refractivity contribution in [3.63, 3.8) is 0 Å². The highest BCUT2D eigenvalue weighted by molar-refractivity contribution is 7.22. The zero-order valence-corrected chi connectivity index (χ0v) is 19.9. The van der Waals surface area contributed by atoms with Crippen molar-refractivity contribution in [2.24, 2.45) is 5.92 Å². The third-order valence-electron chi connectivity index (χ3n) is 5.78. The lowest BCUT2D eigenvalue weighted by Crippen LogP contribution is -2.24. The number of urea groups is 1. The summed E-state index contributed by atoms with van der Waals surface area (Å²) in [6, 6.07) is 2.68. The molecule has 1 aromatic carbocycles. The fourth-order valence-corrected chi connectivity index (χ4v) is 5.21. The molecule has 10 heteroatoms. The van der Waals surface area contributed by atoms with Gasteiger partial charge in [0.25, 0.3) is 5.56 Å². The molecule has 2 N–H and O–H groups in total. The van der Waals surface area contributed by atoms with Crippen molar-refractivity contribution in [1.82, 2.24) is 9.55 Å². The molecule has 1 unspecified atom stereocenters. The van der Waals surface area contributed by atoms with E-state index in [0.29, 0.717) is 55.5 Å². The molecule has 1 atom stereocenters. The predicted octanol–water partition coefficient (Wildman–Crippen LogP) is 5.05. The molecule has 0 radical (unpaired) electrons. The summed E-state index contributed by atoms with van der Waals surface area (Å²) in [4.78, 5) is 31.3. The van der Waals surface area contributed by atoms with Gasteiger partial charge in [0.15, 0.2) is 0 Å². The van der Waals surface area contributed by atoms with Gasteiger partial charge in [-0.1, -0.05) is 29.9 Å². The molecule has 0 fully saturated rings. The Morgan fingerprint density at radius 3 is 2.69 bits per heavy atom. The molecule has 8 nitrogen and oxygen atoms in total. The van der Waals surface area contributed by atoms with E-state index >= 15 is 0 Å². The number of carbonyl (C=O) groups excluding carboxylic acids is 1. The molecule has 0 bridgehead atoms. The molecule has 32 heavy (non-hydrogen) atoms. The third-order valence-corrected chi connectivity index (χ3v) is 7.18. The molecule has 3 aromatic rings. The van der Waals surface area contributed by atoms with E-state index in [9.17, 15) is 9.59 Å². The second-order valence-electron chi connectivity index (χ2n) is 7.92. The summed E-state index contributed by atoms with van der Waals surface area (Å²) in [6.07, 6.45) is 2.76.